The van der Waals surface area contributed by atoms with Crippen molar-refractivity contribution in [1.82, 2.24) is 14.5 Å². The van der Waals surface area contributed by atoms with E-state index in [2.05, 4.69) is 132 Å². The van der Waals surface area contributed by atoms with Gasteiger partial charge in [-0.2, -0.15) is 0 Å². The van der Waals surface area contributed by atoms with Crippen molar-refractivity contribution in [1.29, 1.82) is 0 Å². The number of aromatic nitrogens is 3. The standard InChI is InChI=1S/C40H27N3.C2H6/c1-3-11-30(12-4-1)36-27-37(42-40(41-36)32-13-5-2-6-14-32)31-21-19-28(20-22-31)29-23-25-33(26-24-29)43-38-17-9-7-15-34(38)35-16-8-10-18-39(35)43;1-2/h1-27H;1-2H3. The SMILES string of the molecule is CC.c1ccc(-c2cc(-c3ccc(-c4ccc(-n5c6ccccc6c6ccccc65)cc4)cc3)nc(-c3ccccc3)n2)cc1. The van der Waals surface area contributed by atoms with E-state index in [1.54, 1.807) is 0 Å². The van der Waals surface area contributed by atoms with Crippen molar-refractivity contribution in [3.05, 3.63) is 164 Å². The molecule has 0 amide bonds. The van der Waals surface area contributed by atoms with Crippen molar-refractivity contribution in [3.63, 3.8) is 0 Å². The summed E-state index contributed by atoms with van der Waals surface area (Å²) in [6, 6.07) is 57.3. The average Bonchev–Trinajstić information content (AvgIpc) is 3.48. The minimum Gasteiger partial charge on any atom is -0.309 e. The zero-order chi connectivity index (χ0) is 30.6. The molecule has 8 rings (SSSR count). The first-order valence-electron chi connectivity index (χ1n) is 15.5. The highest BCUT2D eigenvalue weighted by molar-refractivity contribution is 6.09. The fourth-order valence-corrected chi connectivity index (χ4v) is 5.91. The van der Waals surface area contributed by atoms with Gasteiger partial charge in [-0.05, 0) is 41.5 Å². The summed E-state index contributed by atoms with van der Waals surface area (Å²) >= 11 is 0. The lowest BCUT2D eigenvalue weighted by molar-refractivity contribution is 1.18. The molecule has 0 atom stereocenters. The summed E-state index contributed by atoms with van der Waals surface area (Å²) in [5, 5.41) is 2.54. The quantitative estimate of drug-likeness (QED) is 0.203. The van der Waals surface area contributed by atoms with Gasteiger partial charge in [0.05, 0.1) is 22.4 Å². The predicted octanol–water partition coefficient (Wildman–Crippen LogP) is 11.3. The zero-order valence-electron chi connectivity index (χ0n) is 25.4. The topological polar surface area (TPSA) is 30.7 Å². The molecule has 3 heteroatoms. The molecule has 0 saturated carbocycles. The molecule has 0 aliphatic heterocycles. The van der Waals surface area contributed by atoms with E-state index in [0.29, 0.717) is 0 Å². The fraction of sp³-hybridized carbons (Fsp3) is 0.0476. The number of rotatable bonds is 5. The molecule has 0 saturated heterocycles. The number of hydrogen-bond acceptors (Lipinski definition) is 2. The second-order valence-electron chi connectivity index (χ2n) is 10.7. The van der Waals surface area contributed by atoms with E-state index in [9.17, 15) is 0 Å². The Bertz CT molecular complexity index is 2090. The minimum absolute atomic E-state index is 0.724. The number of benzene rings is 6. The summed E-state index contributed by atoms with van der Waals surface area (Å²) in [4.78, 5) is 9.90. The summed E-state index contributed by atoms with van der Waals surface area (Å²) in [6.07, 6.45) is 0. The van der Waals surface area contributed by atoms with Crippen LogP contribution in [-0.2, 0) is 0 Å². The lowest BCUT2D eigenvalue weighted by Crippen LogP contribution is -1.96. The van der Waals surface area contributed by atoms with E-state index < -0.39 is 0 Å². The lowest BCUT2D eigenvalue weighted by Gasteiger charge is -2.11. The molecule has 45 heavy (non-hydrogen) atoms. The van der Waals surface area contributed by atoms with Gasteiger partial charge in [0.1, 0.15) is 0 Å². The van der Waals surface area contributed by atoms with Crippen molar-refractivity contribution in [2.45, 2.75) is 13.8 Å². The monoisotopic (exact) mass is 579 g/mol. The van der Waals surface area contributed by atoms with E-state index in [-0.39, 0.29) is 0 Å². The van der Waals surface area contributed by atoms with Crippen molar-refractivity contribution >= 4 is 21.8 Å². The highest BCUT2D eigenvalue weighted by Crippen LogP contribution is 2.33. The van der Waals surface area contributed by atoms with Gasteiger partial charge in [-0.1, -0.05) is 147 Å². The molecule has 3 nitrogen and oxygen atoms in total. The van der Waals surface area contributed by atoms with Crippen molar-refractivity contribution in [3.8, 4) is 50.7 Å². The number of fused-ring (bicyclic) bond motifs is 3. The summed E-state index contributed by atoms with van der Waals surface area (Å²) in [6.45, 7) is 4.00. The smallest absolute Gasteiger partial charge is 0.160 e. The number of para-hydroxylation sites is 2. The Morgan fingerprint density at radius 1 is 0.378 bits per heavy atom. The molecule has 0 aliphatic carbocycles. The van der Waals surface area contributed by atoms with E-state index >= 15 is 0 Å². The van der Waals surface area contributed by atoms with Gasteiger partial charge in [-0.25, -0.2) is 9.97 Å². The van der Waals surface area contributed by atoms with Crippen molar-refractivity contribution in [2.24, 2.45) is 0 Å². The van der Waals surface area contributed by atoms with Gasteiger partial charge in [0, 0.05) is 33.2 Å². The largest absolute Gasteiger partial charge is 0.309 e. The van der Waals surface area contributed by atoms with Crippen LogP contribution in [0.3, 0.4) is 0 Å². The summed E-state index contributed by atoms with van der Waals surface area (Å²) < 4.78 is 2.35. The predicted molar refractivity (Wildman–Crippen MR) is 189 cm³/mol. The van der Waals surface area contributed by atoms with Gasteiger partial charge in [0.25, 0.3) is 0 Å². The van der Waals surface area contributed by atoms with Crippen LogP contribution in [0.25, 0.3) is 72.5 Å². The second-order valence-corrected chi connectivity index (χ2v) is 10.7. The average molecular weight is 580 g/mol. The Labute approximate surface area is 264 Å². The normalized spacial score (nSPS) is 10.9. The maximum Gasteiger partial charge on any atom is 0.160 e. The highest BCUT2D eigenvalue weighted by atomic mass is 15.0. The molecule has 0 bridgehead atoms. The molecular weight excluding hydrogens is 546 g/mol. The molecule has 2 heterocycles. The van der Waals surface area contributed by atoms with Gasteiger partial charge in [-0.3, -0.25) is 0 Å². The molecule has 2 aromatic heterocycles. The fourth-order valence-electron chi connectivity index (χ4n) is 5.91. The van der Waals surface area contributed by atoms with Crippen molar-refractivity contribution in [2.75, 3.05) is 0 Å². The van der Waals surface area contributed by atoms with Crippen LogP contribution < -0.4 is 0 Å². The number of hydrogen-bond donors (Lipinski definition) is 0. The summed E-state index contributed by atoms with van der Waals surface area (Å²) in [5.41, 5.74) is 10.9. The van der Waals surface area contributed by atoms with E-state index in [0.717, 1.165) is 45.2 Å². The molecule has 0 unspecified atom stereocenters. The zero-order valence-corrected chi connectivity index (χ0v) is 25.4. The maximum absolute atomic E-state index is 4.98. The van der Waals surface area contributed by atoms with Crippen molar-refractivity contribution < 1.29 is 0 Å². The molecule has 6 aromatic carbocycles. The first-order valence-corrected chi connectivity index (χ1v) is 15.5. The van der Waals surface area contributed by atoms with E-state index in [1.807, 2.05) is 50.2 Å². The van der Waals surface area contributed by atoms with Gasteiger partial charge in [0.15, 0.2) is 5.82 Å². The third-order valence-electron chi connectivity index (χ3n) is 8.05. The Morgan fingerprint density at radius 2 is 0.778 bits per heavy atom. The maximum atomic E-state index is 4.98. The molecule has 0 aliphatic rings. The minimum atomic E-state index is 0.724. The third-order valence-corrected chi connectivity index (χ3v) is 8.05. The first-order chi connectivity index (χ1) is 22.3. The molecule has 0 N–H and O–H groups in total. The van der Waals surface area contributed by atoms with Gasteiger partial charge >= 0.3 is 0 Å². The van der Waals surface area contributed by atoms with E-state index in [1.165, 1.54) is 27.4 Å². The van der Waals surface area contributed by atoms with Gasteiger partial charge in [-0.15, -0.1) is 0 Å². The van der Waals surface area contributed by atoms with Crippen LogP contribution in [0, 0.1) is 0 Å². The van der Waals surface area contributed by atoms with Crippen LogP contribution in [-0.4, -0.2) is 14.5 Å². The third kappa shape index (κ3) is 5.41. The van der Waals surface area contributed by atoms with Crippen LogP contribution in [0.4, 0.5) is 0 Å². The first kappa shape index (κ1) is 28.0. The molecule has 0 radical (unpaired) electrons. The Balaban J connectivity index is 0.00000160. The Morgan fingerprint density at radius 3 is 1.31 bits per heavy atom. The highest BCUT2D eigenvalue weighted by Gasteiger charge is 2.13. The summed E-state index contributed by atoms with van der Waals surface area (Å²) in [7, 11) is 0. The molecule has 0 spiro atoms. The molecule has 8 aromatic rings. The van der Waals surface area contributed by atoms with Gasteiger partial charge < -0.3 is 4.57 Å². The molecule has 0 fully saturated rings. The van der Waals surface area contributed by atoms with Crippen LogP contribution in [0.5, 0.6) is 0 Å². The van der Waals surface area contributed by atoms with Crippen LogP contribution >= 0.6 is 0 Å². The number of nitrogens with zero attached hydrogens (tertiary/aromatic N) is 3. The molecular formula is C42H33N3. The second kappa shape index (κ2) is 12.4. The van der Waals surface area contributed by atoms with Crippen LogP contribution in [0.1, 0.15) is 13.8 Å². The molecule has 216 valence electrons. The summed E-state index contributed by atoms with van der Waals surface area (Å²) in [5.74, 6) is 0.724. The van der Waals surface area contributed by atoms with E-state index in [4.69, 9.17) is 9.97 Å². The van der Waals surface area contributed by atoms with Crippen LogP contribution in [0.15, 0.2) is 164 Å². The van der Waals surface area contributed by atoms with Gasteiger partial charge in [0.2, 0.25) is 0 Å². The lowest BCUT2D eigenvalue weighted by atomic mass is 10.0. The Kier molecular flexibility index (Phi) is 7.74. The van der Waals surface area contributed by atoms with Crippen LogP contribution in [0.2, 0.25) is 0 Å². The Hall–Kier alpha value is -5.80.